The van der Waals surface area contributed by atoms with Gasteiger partial charge < -0.3 is 19.9 Å². The van der Waals surface area contributed by atoms with Crippen molar-refractivity contribution in [3.63, 3.8) is 0 Å². The van der Waals surface area contributed by atoms with E-state index in [4.69, 9.17) is 21.1 Å². The Morgan fingerprint density at radius 1 is 1.17 bits per heavy atom. The number of hydrogen-bond donors (Lipinski definition) is 2. The van der Waals surface area contributed by atoms with Crippen LogP contribution >= 0.6 is 11.6 Å². The van der Waals surface area contributed by atoms with E-state index in [1.807, 2.05) is 18.2 Å². The molecule has 184 valence electrons. The molecule has 1 aliphatic carbocycles. The molecule has 3 aromatic rings. The highest BCUT2D eigenvalue weighted by Gasteiger charge is 2.29. The van der Waals surface area contributed by atoms with Crippen LogP contribution in [0.5, 0.6) is 11.5 Å². The Morgan fingerprint density at radius 3 is 2.57 bits per heavy atom. The molecule has 1 heterocycles. The monoisotopic (exact) mass is 496 g/mol. The molecule has 1 amide bonds. The van der Waals surface area contributed by atoms with Crippen LogP contribution < -0.4 is 14.8 Å². The molecule has 9 heteroatoms. The number of nitrogens with one attached hydrogen (secondary N) is 1. The molecule has 1 atom stereocenters. The Kier molecular flexibility index (Phi) is 8.17. The third kappa shape index (κ3) is 6.28. The van der Waals surface area contributed by atoms with Crippen molar-refractivity contribution < 1.29 is 19.4 Å². The van der Waals surface area contributed by atoms with Gasteiger partial charge in [0.15, 0.2) is 0 Å². The quantitative estimate of drug-likeness (QED) is 0.416. The number of aromatic nitrogens is 2. The van der Waals surface area contributed by atoms with Crippen molar-refractivity contribution in [2.45, 2.75) is 31.5 Å². The molecule has 1 unspecified atom stereocenters. The maximum absolute atomic E-state index is 12.4. The molecule has 2 N–H and O–H groups in total. The minimum atomic E-state index is -0.788. The lowest BCUT2D eigenvalue weighted by atomic mass is 10.1. The Balaban J connectivity index is 1.47. The number of fused-ring (bicyclic) bond motifs is 1. The molecule has 0 spiro atoms. The normalized spacial score (nSPS) is 14.0. The highest BCUT2D eigenvalue weighted by molar-refractivity contribution is 6.28. The van der Waals surface area contributed by atoms with Crippen molar-refractivity contribution in [3.05, 3.63) is 82.4 Å². The lowest BCUT2D eigenvalue weighted by molar-refractivity contribution is 0.0745. The standard InChI is InChI=1S/C26H29ClN4O4/c1-34-22-8-7-19(24(13-22)35-2)15-31(20-11-17-5-3-4-6-18(17)12-20)16-21(32)14-29-25(33)23-9-10-28-26(27)30-23/h3-10,13,20-21,32H,11-12,14-16H2,1-2H3,(H,29,33). The van der Waals surface area contributed by atoms with E-state index in [2.05, 4.69) is 44.5 Å². The second-order valence-corrected chi connectivity index (χ2v) is 8.85. The van der Waals surface area contributed by atoms with E-state index in [0.29, 0.717) is 13.1 Å². The fourth-order valence-corrected chi connectivity index (χ4v) is 4.58. The predicted molar refractivity (Wildman–Crippen MR) is 133 cm³/mol. The number of ether oxygens (including phenoxy) is 2. The van der Waals surface area contributed by atoms with Crippen LogP contribution in [0, 0.1) is 0 Å². The number of carbonyl (C=O) groups is 1. The zero-order valence-corrected chi connectivity index (χ0v) is 20.5. The van der Waals surface area contributed by atoms with Crippen molar-refractivity contribution in [1.82, 2.24) is 20.2 Å². The van der Waals surface area contributed by atoms with Crippen LogP contribution in [0.25, 0.3) is 0 Å². The SMILES string of the molecule is COc1ccc(CN(CC(O)CNC(=O)c2ccnc(Cl)n2)C2Cc3ccccc3C2)c(OC)c1. The number of rotatable bonds is 10. The van der Waals surface area contributed by atoms with E-state index in [0.717, 1.165) is 29.9 Å². The van der Waals surface area contributed by atoms with Gasteiger partial charge in [0.1, 0.15) is 17.2 Å². The molecule has 1 aliphatic rings. The van der Waals surface area contributed by atoms with E-state index < -0.39 is 12.0 Å². The summed E-state index contributed by atoms with van der Waals surface area (Å²) in [5.74, 6) is 1.04. The number of halogens is 1. The van der Waals surface area contributed by atoms with Crippen molar-refractivity contribution in [3.8, 4) is 11.5 Å². The summed E-state index contributed by atoms with van der Waals surface area (Å²) in [6.07, 6.45) is 2.42. The molecule has 0 fully saturated rings. The molecule has 0 radical (unpaired) electrons. The van der Waals surface area contributed by atoms with Gasteiger partial charge in [0.2, 0.25) is 5.28 Å². The predicted octanol–water partition coefficient (Wildman–Crippen LogP) is 2.91. The average Bonchev–Trinajstić information content (AvgIpc) is 3.31. The lowest BCUT2D eigenvalue weighted by Crippen LogP contribution is -2.44. The third-order valence-electron chi connectivity index (χ3n) is 6.22. The first kappa shape index (κ1) is 24.9. The van der Waals surface area contributed by atoms with Gasteiger partial charge in [-0.25, -0.2) is 9.97 Å². The van der Waals surface area contributed by atoms with Gasteiger partial charge in [-0.15, -0.1) is 0 Å². The van der Waals surface area contributed by atoms with Gasteiger partial charge in [-0.05, 0) is 47.7 Å². The van der Waals surface area contributed by atoms with E-state index in [-0.39, 0.29) is 23.6 Å². The summed E-state index contributed by atoms with van der Waals surface area (Å²) in [5.41, 5.74) is 3.81. The third-order valence-corrected chi connectivity index (χ3v) is 6.40. The smallest absolute Gasteiger partial charge is 0.270 e. The summed E-state index contributed by atoms with van der Waals surface area (Å²) in [6, 6.07) is 15.9. The number of aliphatic hydroxyl groups excluding tert-OH is 1. The summed E-state index contributed by atoms with van der Waals surface area (Å²) in [5, 5.41) is 13.6. The summed E-state index contributed by atoms with van der Waals surface area (Å²) in [6.45, 7) is 1.04. The Labute approximate surface area is 209 Å². The fraction of sp³-hybridized carbons (Fsp3) is 0.346. The van der Waals surface area contributed by atoms with E-state index >= 15 is 0 Å². The van der Waals surface area contributed by atoms with E-state index in [9.17, 15) is 9.90 Å². The highest BCUT2D eigenvalue weighted by atomic mass is 35.5. The maximum atomic E-state index is 12.4. The summed E-state index contributed by atoms with van der Waals surface area (Å²) >= 11 is 5.78. The molecule has 0 bridgehead atoms. The number of amides is 1. The van der Waals surface area contributed by atoms with Gasteiger partial charge in [0, 0.05) is 43.5 Å². The number of benzene rings is 2. The lowest BCUT2D eigenvalue weighted by Gasteiger charge is -2.31. The fourth-order valence-electron chi connectivity index (χ4n) is 4.44. The van der Waals surface area contributed by atoms with Gasteiger partial charge in [0.05, 0.1) is 20.3 Å². The molecule has 0 saturated carbocycles. The zero-order valence-electron chi connectivity index (χ0n) is 19.8. The number of methoxy groups -OCH3 is 2. The molecule has 2 aromatic carbocycles. The maximum Gasteiger partial charge on any atom is 0.270 e. The van der Waals surface area contributed by atoms with Crippen molar-refractivity contribution in [2.24, 2.45) is 0 Å². The molecule has 4 rings (SSSR count). The minimum Gasteiger partial charge on any atom is -0.497 e. The van der Waals surface area contributed by atoms with Crippen LogP contribution in [-0.4, -0.2) is 65.3 Å². The van der Waals surface area contributed by atoms with Crippen LogP contribution in [0.4, 0.5) is 0 Å². The number of carbonyl (C=O) groups excluding carboxylic acids is 1. The molecule has 0 aliphatic heterocycles. The summed E-state index contributed by atoms with van der Waals surface area (Å²) < 4.78 is 10.9. The second-order valence-electron chi connectivity index (χ2n) is 8.51. The number of aliphatic hydroxyl groups is 1. The van der Waals surface area contributed by atoms with E-state index in [1.54, 1.807) is 14.2 Å². The van der Waals surface area contributed by atoms with Gasteiger partial charge >= 0.3 is 0 Å². The van der Waals surface area contributed by atoms with Gasteiger partial charge in [-0.2, -0.15) is 0 Å². The van der Waals surface area contributed by atoms with E-state index in [1.165, 1.54) is 23.4 Å². The number of nitrogens with zero attached hydrogens (tertiary/aromatic N) is 3. The Bertz CT molecular complexity index is 1150. The van der Waals surface area contributed by atoms with Crippen LogP contribution in [0.3, 0.4) is 0 Å². The molecule has 1 aromatic heterocycles. The van der Waals surface area contributed by atoms with Gasteiger partial charge in [0.25, 0.3) is 5.91 Å². The molecule has 35 heavy (non-hydrogen) atoms. The van der Waals surface area contributed by atoms with Gasteiger partial charge in [-0.1, -0.05) is 30.3 Å². The molecule has 0 saturated heterocycles. The van der Waals surface area contributed by atoms with Crippen molar-refractivity contribution >= 4 is 17.5 Å². The zero-order chi connectivity index (χ0) is 24.8. The molecule has 8 nitrogen and oxygen atoms in total. The van der Waals surface area contributed by atoms with Crippen LogP contribution in [0.1, 0.15) is 27.2 Å². The minimum absolute atomic E-state index is 0.00129. The van der Waals surface area contributed by atoms with Gasteiger partial charge in [-0.3, -0.25) is 9.69 Å². The van der Waals surface area contributed by atoms with Crippen LogP contribution in [-0.2, 0) is 19.4 Å². The molecular formula is C26H29ClN4O4. The Hall–Kier alpha value is -3.20. The van der Waals surface area contributed by atoms with Crippen molar-refractivity contribution in [2.75, 3.05) is 27.3 Å². The van der Waals surface area contributed by atoms with Crippen LogP contribution in [0.15, 0.2) is 54.7 Å². The van der Waals surface area contributed by atoms with Crippen LogP contribution in [0.2, 0.25) is 5.28 Å². The average molecular weight is 497 g/mol. The van der Waals surface area contributed by atoms with Crippen molar-refractivity contribution in [1.29, 1.82) is 0 Å². The Morgan fingerprint density at radius 2 is 1.91 bits per heavy atom. The molecular weight excluding hydrogens is 468 g/mol. The number of hydrogen-bond acceptors (Lipinski definition) is 7. The largest absolute Gasteiger partial charge is 0.497 e. The second kappa shape index (κ2) is 11.5. The topological polar surface area (TPSA) is 96.8 Å². The first-order valence-corrected chi connectivity index (χ1v) is 11.8. The first-order valence-electron chi connectivity index (χ1n) is 11.4. The highest BCUT2D eigenvalue weighted by Crippen LogP contribution is 2.30. The first-order chi connectivity index (χ1) is 17.0. The summed E-state index contributed by atoms with van der Waals surface area (Å²) in [7, 11) is 3.26. The summed E-state index contributed by atoms with van der Waals surface area (Å²) in [4.78, 5) is 22.4.